The van der Waals surface area contributed by atoms with Gasteiger partial charge in [0.1, 0.15) is 0 Å². The Bertz CT molecular complexity index is 413. The van der Waals surface area contributed by atoms with Crippen LogP contribution in [-0.4, -0.2) is 38.3 Å². The number of aryl methyl sites for hydroxylation is 2. The van der Waals surface area contributed by atoms with Crippen molar-refractivity contribution in [2.45, 2.75) is 52.6 Å². The zero-order valence-electron chi connectivity index (χ0n) is 12.4. The highest BCUT2D eigenvalue weighted by atomic mass is 16.4. The summed E-state index contributed by atoms with van der Waals surface area (Å²) in [6, 6.07) is 0.402. The van der Waals surface area contributed by atoms with Crippen LogP contribution in [0.5, 0.6) is 0 Å². The molecular weight excluding hydrogens is 242 g/mol. The van der Waals surface area contributed by atoms with Crippen molar-refractivity contribution in [2.75, 3.05) is 6.54 Å². The lowest BCUT2D eigenvalue weighted by Gasteiger charge is -2.26. The van der Waals surface area contributed by atoms with Crippen LogP contribution in [0.15, 0.2) is 6.20 Å². The minimum absolute atomic E-state index is 0.233. The van der Waals surface area contributed by atoms with Crippen molar-refractivity contribution in [3.05, 3.63) is 17.5 Å². The van der Waals surface area contributed by atoms with E-state index in [2.05, 4.69) is 37.0 Å². The molecule has 0 amide bonds. The molecule has 5 nitrogen and oxygen atoms in total. The molecule has 0 aliphatic heterocycles. The van der Waals surface area contributed by atoms with E-state index in [1.807, 2.05) is 11.7 Å². The predicted molar refractivity (Wildman–Crippen MR) is 75.0 cm³/mol. The Hall–Kier alpha value is -1.36. The summed E-state index contributed by atoms with van der Waals surface area (Å²) in [5, 5.41) is 13.2. The lowest BCUT2D eigenvalue weighted by Crippen LogP contribution is -2.31. The molecule has 5 heteroatoms. The van der Waals surface area contributed by atoms with E-state index >= 15 is 0 Å². The maximum Gasteiger partial charge on any atom is 0.303 e. The molecule has 0 spiro atoms. The van der Waals surface area contributed by atoms with Gasteiger partial charge in [0.25, 0.3) is 0 Å². The van der Waals surface area contributed by atoms with Crippen LogP contribution >= 0.6 is 0 Å². The minimum Gasteiger partial charge on any atom is -0.481 e. The maximum absolute atomic E-state index is 10.6. The van der Waals surface area contributed by atoms with E-state index in [0.29, 0.717) is 12.5 Å². The first kappa shape index (κ1) is 15.7. The van der Waals surface area contributed by atoms with Gasteiger partial charge in [-0.3, -0.25) is 14.4 Å². The number of hydrogen-bond donors (Lipinski definition) is 1. The van der Waals surface area contributed by atoms with Gasteiger partial charge in [-0.25, -0.2) is 0 Å². The van der Waals surface area contributed by atoms with E-state index in [9.17, 15) is 4.79 Å². The summed E-state index contributed by atoms with van der Waals surface area (Å²) in [4.78, 5) is 12.9. The molecule has 1 aromatic heterocycles. The summed E-state index contributed by atoms with van der Waals surface area (Å²) in [6.07, 6.45) is 3.91. The van der Waals surface area contributed by atoms with Gasteiger partial charge in [-0.2, -0.15) is 5.10 Å². The van der Waals surface area contributed by atoms with E-state index in [1.165, 1.54) is 5.56 Å². The molecule has 0 atom stereocenters. The van der Waals surface area contributed by atoms with E-state index in [-0.39, 0.29) is 6.42 Å². The largest absolute Gasteiger partial charge is 0.481 e. The van der Waals surface area contributed by atoms with Gasteiger partial charge in [-0.05, 0) is 33.2 Å². The number of carbonyl (C=O) groups is 1. The zero-order chi connectivity index (χ0) is 14.4. The molecule has 1 rings (SSSR count). The molecule has 1 aromatic rings. The summed E-state index contributed by atoms with van der Waals surface area (Å²) < 4.78 is 1.85. The molecule has 0 bridgehead atoms. The number of nitrogens with zero attached hydrogens (tertiary/aromatic N) is 3. The fourth-order valence-electron chi connectivity index (χ4n) is 2.19. The van der Waals surface area contributed by atoms with Crippen LogP contribution in [-0.2, 0) is 24.8 Å². The second-order valence-corrected chi connectivity index (χ2v) is 5.19. The van der Waals surface area contributed by atoms with Gasteiger partial charge in [-0.15, -0.1) is 0 Å². The lowest BCUT2D eigenvalue weighted by atomic mass is 10.1. The normalized spacial score (nSPS) is 11.5. The molecule has 0 aliphatic carbocycles. The van der Waals surface area contributed by atoms with Crippen LogP contribution in [0.1, 0.15) is 44.9 Å². The standard InChI is InChI=1S/C14H25N3O2/c1-5-13-12(9-16(4)15-13)10-17(11(2)3)8-6-7-14(18)19/h9,11H,5-8,10H2,1-4H3,(H,18,19). The third-order valence-corrected chi connectivity index (χ3v) is 3.27. The predicted octanol–water partition coefficient (Wildman–Crippen LogP) is 2.06. The second kappa shape index (κ2) is 7.28. The molecular formula is C14H25N3O2. The Labute approximate surface area is 115 Å². The van der Waals surface area contributed by atoms with Crippen molar-refractivity contribution in [1.29, 1.82) is 0 Å². The molecule has 0 aliphatic rings. The number of aromatic nitrogens is 2. The molecule has 19 heavy (non-hydrogen) atoms. The fourth-order valence-corrected chi connectivity index (χ4v) is 2.19. The number of aliphatic carboxylic acids is 1. The van der Waals surface area contributed by atoms with Crippen molar-refractivity contribution in [2.24, 2.45) is 7.05 Å². The molecule has 0 unspecified atom stereocenters. The third-order valence-electron chi connectivity index (χ3n) is 3.27. The van der Waals surface area contributed by atoms with Crippen LogP contribution < -0.4 is 0 Å². The Morgan fingerprint density at radius 3 is 2.74 bits per heavy atom. The van der Waals surface area contributed by atoms with Gasteiger partial charge < -0.3 is 5.11 Å². The van der Waals surface area contributed by atoms with E-state index in [4.69, 9.17) is 5.11 Å². The third kappa shape index (κ3) is 5.03. The highest BCUT2D eigenvalue weighted by Gasteiger charge is 2.14. The first-order valence-electron chi connectivity index (χ1n) is 6.91. The van der Waals surface area contributed by atoms with Crippen LogP contribution in [0, 0.1) is 0 Å². The van der Waals surface area contributed by atoms with Gasteiger partial charge in [0.05, 0.1) is 5.69 Å². The van der Waals surface area contributed by atoms with Gasteiger partial charge in [0.15, 0.2) is 0 Å². The van der Waals surface area contributed by atoms with Crippen molar-refractivity contribution in [3.8, 4) is 0 Å². The van der Waals surface area contributed by atoms with Crippen LogP contribution in [0.2, 0.25) is 0 Å². The summed E-state index contributed by atoms with van der Waals surface area (Å²) >= 11 is 0. The average molecular weight is 267 g/mol. The smallest absolute Gasteiger partial charge is 0.303 e. The Kier molecular flexibility index (Phi) is 6.02. The van der Waals surface area contributed by atoms with E-state index < -0.39 is 5.97 Å². The van der Waals surface area contributed by atoms with Crippen molar-refractivity contribution < 1.29 is 9.90 Å². The van der Waals surface area contributed by atoms with E-state index in [1.54, 1.807) is 0 Å². The Morgan fingerprint density at radius 2 is 2.21 bits per heavy atom. The molecule has 0 saturated heterocycles. The minimum atomic E-state index is -0.723. The molecule has 1 N–H and O–H groups in total. The van der Waals surface area contributed by atoms with Gasteiger partial charge in [-0.1, -0.05) is 6.92 Å². The number of carboxylic acids is 1. The summed E-state index contributed by atoms with van der Waals surface area (Å²) in [5.41, 5.74) is 2.38. The maximum atomic E-state index is 10.6. The highest BCUT2D eigenvalue weighted by Crippen LogP contribution is 2.13. The molecule has 108 valence electrons. The van der Waals surface area contributed by atoms with Crippen molar-refractivity contribution in [3.63, 3.8) is 0 Å². The number of carboxylic acid groups (broad SMARTS) is 1. The van der Waals surface area contributed by atoms with Crippen molar-refractivity contribution >= 4 is 5.97 Å². The van der Waals surface area contributed by atoms with Crippen molar-refractivity contribution in [1.82, 2.24) is 14.7 Å². The lowest BCUT2D eigenvalue weighted by molar-refractivity contribution is -0.137. The van der Waals surface area contributed by atoms with Gasteiger partial charge in [0, 0.05) is 37.8 Å². The highest BCUT2D eigenvalue weighted by molar-refractivity contribution is 5.66. The van der Waals surface area contributed by atoms with Crippen LogP contribution in [0.25, 0.3) is 0 Å². The molecule has 0 aromatic carbocycles. The average Bonchev–Trinajstić information content (AvgIpc) is 2.67. The summed E-state index contributed by atoms with van der Waals surface area (Å²) in [5.74, 6) is -0.723. The van der Waals surface area contributed by atoms with E-state index in [0.717, 1.165) is 25.2 Å². The summed E-state index contributed by atoms with van der Waals surface area (Å²) in [6.45, 7) is 8.04. The molecule has 0 radical (unpaired) electrons. The van der Waals surface area contributed by atoms with Gasteiger partial charge in [0.2, 0.25) is 0 Å². The molecule has 0 fully saturated rings. The quantitative estimate of drug-likeness (QED) is 0.783. The molecule has 1 heterocycles. The molecule has 0 saturated carbocycles. The number of rotatable bonds is 8. The Morgan fingerprint density at radius 1 is 1.53 bits per heavy atom. The SMILES string of the molecule is CCc1nn(C)cc1CN(CCCC(=O)O)C(C)C. The fraction of sp³-hybridized carbons (Fsp3) is 0.714. The first-order valence-corrected chi connectivity index (χ1v) is 6.91. The summed E-state index contributed by atoms with van der Waals surface area (Å²) in [7, 11) is 1.94. The monoisotopic (exact) mass is 267 g/mol. The first-order chi connectivity index (χ1) is 8.93. The van der Waals surface area contributed by atoms with Crippen LogP contribution in [0.3, 0.4) is 0 Å². The van der Waals surface area contributed by atoms with Crippen LogP contribution in [0.4, 0.5) is 0 Å². The number of hydrogen-bond acceptors (Lipinski definition) is 3. The topological polar surface area (TPSA) is 58.4 Å². The van der Waals surface area contributed by atoms with Gasteiger partial charge >= 0.3 is 5.97 Å². The zero-order valence-corrected chi connectivity index (χ0v) is 12.4. The second-order valence-electron chi connectivity index (χ2n) is 5.19. The Balaban J connectivity index is 2.64.